The summed E-state index contributed by atoms with van der Waals surface area (Å²) in [6, 6.07) is -0.983. The van der Waals surface area contributed by atoms with Crippen LogP contribution < -0.4 is 5.32 Å². The van der Waals surface area contributed by atoms with Crippen molar-refractivity contribution in [2.24, 2.45) is 0 Å². The molecular weight excluding hydrogens is 1150 g/mol. The molecule has 0 bridgehead atoms. The van der Waals surface area contributed by atoms with Gasteiger partial charge in [-0.1, -0.05) is 205 Å². The Hall–Kier alpha value is -4.07. The fourth-order valence-corrected chi connectivity index (χ4v) is 10.3. The van der Waals surface area contributed by atoms with Gasteiger partial charge in [-0.3, -0.25) is 4.79 Å². The molecule has 3 rings (SSSR count). The van der Waals surface area contributed by atoms with Gasteiger partial charge in [-0.25, -0.2) is 0 Å². The van der Waals surface area contributed by atoms with Crippen LogP contribution in [0.25, 0.3) is 0 Å². The van der Waals surface area contributed by atoms with Gasteiger partial charge in [0, 0.05) is 6.42 Å². The number of rotatable bonds is 48. The van der Waals surface area contributed by atoms with Crippen molar-refractivity contribution in [3.05, 3.63) is 134 Å². The van der Waals surface area contributed by atoms with E-state index in [9.17, 15) is 61.0 Å². The van der Waals surface area contributed by atoms with E-state index in [2.05, 4.69) is 141 Å². The van der Waals surface area contributed by atoms with Gasteiger partial charge in [-0.15, -0.1) is 0 Å². The monoisotopic (exact) mass is 1270 g/mol. The lowest BCUT2D eigenvalue weighted by atomic mass is 9.96. The summed E-state index contributed by atoms with van der Waals surface area (Å²) < 4.78 is 34.1. The van der Waals surface area contributed by atoms with Crippen LogP contribution in [0.1, 0.15) is 174 Å². The van der Waals surface area contributed by atoms with Crippen LogP contribution in [0.5, 0.6) is 0 Å². The van der Waals surface area contributed by atoms with Gasteiger partial charge in [0.2, 0.25) is 5.91 Å². The number of ether oxygens (including phenoxy) is 6. The first-order valence-electron chi connectivity index (χ1n) is 33.4. The Morgan fingerprint density at radius 3 is 1.20 bits per heavy atom. The minimum atomic E-state index is -1.98. The summed E-state index contributed by atoms with van der Waals surface area (Å²) in [5.74, 6) is -0.297. The number of carbonyl (C=O) groups is 1. The van der Waals surface area contributed by atoms with Crippen molar-refractivity contribution in [3.8, 4) is 0 Å². The minimum absolute atomic E-state index is 0.223. The van der Waals surface area contributed by atoms with Crippen molar-refractivity contribution in [1.82, 2.24) is 5.32 Å². The lowest BCUT2D eigenvalue weighted by molar-refractivity contribution is -0.379. The summed E-state index contributed by atoms with van der Waals surface area (Å²) in [5, 5.41) is 120. The molecule has 3 aliphatic rings. The molecule has 512 valence electrons. The smallest absolute Gasteiger partial charge is 0.220 e. The highest BCUT2D eigenvalue weighted by atomic mass is 16.8. The van der Waals surface area contributed by atoms with Crippen LogP contribution in [0.2, 0.25) is 0 Å². The van der Waals surface area contributed by atoms with Crippen molar-refractivity contribution in [2.75, 3.05) is 26.4 Å². The minimum Gasteiger partial charge on any atom is -0.394 e. The normalized spacial score (nSPS) is 28.9. The first-order chi connectivity index (χ1) is 43.8. The lowest BCUT2D eigenvalue weighted by Crippen LogP contribution is -2.66. The van der Waals surface area contributed by atoms with Crippen LogP contribution in [0.3, 0.4) is 0 Å². The summed E-state index contributed by atoms with van der Waals surface area (Å²) in [4.78, 5) is 13.3. The third kappa shape index (κ3) is 33.2. The zero-order valence-electron chi connectivity index (χ0n) is 53.8. The number of aliphatic hydroxyl groups excluding tert-OH is 11. The summed E-state index contributed by atoms with van der Waals surface area (Å²) in [6.07, 6.45) is 45.1. The molecule has 17 unspecified atom stereocenters. The molecule has 0 aliphatic carbocycles. The van der Waals surface area contributed by atoms with Crippen LogP contribution >= 0.6 is 0 Å². The van der Waals surface area contributed by atoms with Gasteiger partial charge in [-0.05, 0) is 96.3 Å². The van der Waals surface area contributed by atoms with Crippen LogP contribution in [0.15, 0.2) is 134 Å². The highest BCUT2D eigenvalue weighted by Gasteiger charge is 2.53. The zero-order chi connectivity index (χ0) is 65.4. The summed E-state index contributed by atoms with van der Waals surface area (Å²) in [5.41, 5.74) is 0. The van der Waals surface area contributed by atoms with Crippen LogP contribution in [-0.2, 0) is 33.2 Å². The van der Waals surface area contributed by atoms with E-state index in [1.807, 2.05) is 6.08 Å². The third-order valence-corrected chi connectivity index (χ3v) is 15.7. The first-order valence-corrected chi connectivity index (χ1v) is 33.4. The van der Waals surface area contributed by atoms with Crippen molar-refractivity contribution >= 4 is 5.91 Å². The highest BCUT2D eigenvalue weighted by Crippen LogP contribution is 2.33. The van der Waals surface area contributed by atoms with Crippen molar-refractivity contribution in [1.29, 1.82) is 0 Å². The fraction of sp³-hybridized carbons (Fsp3) is 0.676. The van der Waals surface area contributed by atoms with E-state index in [0.717, 1.165) is 141 Å². The Balaban J connectivity index is 1.29. The SMILES string of the molecule is CC/C=C\C/C=C\C/C=C\C/C=C\C/C=C\C/C=C\C/C=C\C/C=C\C/C=C\C/C=C\CCCCCCCCCCC(=O)NC(COC1OC(CO)C(OC2OC(CO)C(OC3OC(CO)C(O)C(O)C3O)C(O)C2O)C(O)C1O)C(O)/C=C/CCCCCC. The molecule has 3 fully saturated rings. The number of nitrogens with one attached hydrogen (secondary N) is 1. The Bertz CT molecular complexity index is 2150. The number of carbonyl (C=O) groups excluding carboxylic acids is 1. The maximum absolute atomic E-state index is 13.3. The maximum Gasteiger partial charge on any atom is 0.220 e. The number of hydrogen-bond donors (Lipinski definition) is 12. The fourth-order valence-electron chi connectivity index (χ4n) is 10.3. The van der Waals surface area contributed by atoms with E-state index in [4.69, 9.17) is 28.4 Å². The zero-order valence-corrected chi connectivity index (χ0v) is 53.8. The van der Waals surface area contributed by atoms with Gasteiger partial charge in [0.25, 0.3) is 0 Å². The van der Waals surface area contributed by atoms with Crippen LogP contribution in [-0.4, -0.2) is 193 Å². The lowest BCUT2D eigenvalue weighted by Gasteiger charge is -2.48. The van der Waals surface area contributed by atoms with Crippen molar-refractivity contribution in [2.45, 2.75) is 279 Å². The third-order valence-electron chi connectivity index (χ3n) is 15.7. The van der Waals surface area contributed by atoms with Crippen LogP contribution in [0, 0.1) is 0 Å². The van der Waals surface area contributed by atoms with Gasteiger partial charge in [-0.2, -0.15) is 0 Å². The number of aliphatic hydroxyl groups is 11. The Kier molecular flexibility index (Phi) is 45.7. The quantitative estimate of drug-likeness (QED) is 0.0202. The number of unbranched alkanes of at least 4 members (excludes halogenated alkanes) is 12. The molecule has 1 amide bonds. The van der Waals surface area contributed by atoms with E-state index in [0.29, 0.717) is 6.42 Å². The highest BCUT2D eigenvalue weighted by molar-refractivity contribution is 5.76. The van der Waals surface area contributed by atoms with E-state index in [-0.39, 0.29) is 18.9 Å². The Morgan fingerprint density at radius 2 is 0.767 bits per heavy atom. The Labute approximate surface area is 537 Å². The molecule has 19 nitrogen and oxygen atoms in total. The van der Waals surface area contributed by atoms with E-state index in [1.54, 1.807) is 6.08 Å². The summed E-state index contributed by atoms with van der Waals surface area (Å²) >= 11 is 0. The summed E-state index contributed by atoms with van der Waals surface area (Å²) in [7, 11) is 0. The molecule has 3 saturated heterocycles. The average Bonchev–Trinajstić information content (AvgIpc) is 1.11. The standard InChI is InChI=1S/C71H115NO18/c1-3-5-7-9-11-12-13-14-15-16-17-18-19-20-21-22-23-24-25-26-27-28-29-30-31-32-33-34-35-36-37-38-39-40-41-42-43-45-47-49-59(77)72-54(55(76)48-46-44-10-8-6-4-2)53-85-69-65(83)62(80)67(57(51-74)87-69)90-71-66(84)63(81)68(58(52-75)88-71)89-70-64(82)61(79)60(78)56(50-73)86-70/h5,7,11-12,14-15,17-18,20-21,23-24,26-27,29-30,32-33,35-36,46,48,54-58,60-71,73-76,78-84H,3-4,6,8-10,13,16,19,22,25,28,31,34,37-45,47,49-53H2,1-2H3,(H,72,77)/b7-5-,12-11-,15-14-,18-17-,21-20-,24-23-,27-26-,30-29-,33-32-,36-35-,48-46+. The number of allylic oxidation sites excluding steroid dienone is 21. The second kappa shape index (κ2) is 51.4. The van der Waals surface area contributed by atoms with Crippen molar-refractivity contribution in [3.63, 3.8) is 0 Å². The molecule has 0 spiro atoms. The van der Waals surface area contributed by atoms with E-state index in [1.165, 1.54) is 6.42 Å². The molecule has 19 heteroatoms. The predicted octanol–water partition coefficient (Wildman–Crippen LogP) is 8.21. The number of hydrogen-bond acceptors (Lipinski definition) is 18. The molecule has 17 atom stereocenters. The van der Waals surface area contributed by atoms with Gasteiger partial charge < -0.3 is 89.9 Å². The maximum atomic E-state index is 13.3. The van der Waals surface area contributed by atoms with Crippen LogP contribution in [0.4, 0.5) is 0 Å². The molecular formula is C71H115NO18. The largest absolute Gasteiger partial charge is 0.394 e. The van der Waals surface area contributed by atoms with Gasteiger partial charge in [0.05, 0.1) is 38.6 Å². The van der Waals surface area contributed by atoms with Crippen molar-refractivity contribution < 1.29 is 89.4 Å². The summed E-state index contributed by atoms with van der Waals surface area (Å²) in [6.45, 7) is 1.47. The van der Waals surface area contributed by atoms with Gasteiger partial charge >= 0.3 is 0 Å². The number of amides is 1. The molecule has 0 radical (unpaired) electrons. The topological polar surface area (TPSA) is 307 Å². The Morgan fingerprint density at radius 1 is 0.411 bits per heavy atom. The second-order valence-electron chi connectivity index (χ2n) is 23.2. The molecule has 0 saturated carbocycles. The molecule has 90 heavy (non-hydrogen) atoms. The molecule has 12 N–H and O–H groups in total. The van der Waals surface area contributed by atoms with E-state index < -0.39 is 124 Å². The molecule has 0 aromatic rings. The molecule has 0 aromatic carbocycles. The first kappa shape index (κ1) is 80.2. The molecule has 3 heterocycles. The van der Waals surface area contributed by atoms with Gasteiger partial charge in [0.15, 0.2) is 18.9 Å². The second-order valence-corrected chi connectivity index (χ2v) is 23.2. The van der Waals surface area contributed by atoms with Gasteiger partial charge in [0.1, 0.15) is 73.2 Å². The molecule has 3 aliphatic heterocycles. The molecule has 0 aromatic heterocycles. The van der Waals surface area contributed by atoms with E-state index >= 15 is 0 Å². The average molecular weight is 1270 g/mol. The predicted molar refractivity (Wildman–Crippen MR) is 350 cm³/mol.